The van der Waals surface area contributed by atoms with Gasteiger partial charge in [0.05, 0.1) is 12.7 Å². The van der Waals surface area contributed by atoms with E-state index in [1.807, 2.05) is 13.0 Å². The molecule has 2 N–H and O–H groups in total. The molecule has 2 aromatic carbocycles. The Labute approximate surface area is 120 Å². The van der Waals surface area contributed by atoms with Crippen molar-refractivity contribution in [3.63, 3.8) is 0 Å². The number of ether oxygens (including phenoxy) is 1. The Bertz CT molecular complexity index is 638. The quantitative estimate of drug-likeness (QED) is 0.695. The molecule has 2 aromatic rings. The highest BCUT2D eigenvalue weighted by Gasteiger charge is 2.17. The zero-order chi connectivity index (χ0) is 14.0. The van der Waals surface area contributed by atoms with E-state index in [0.717, 1.165) is 10.0 Å². The fourth-order valence-electron chi connectivity index (χ4n) is 1.90. The standard InChI is InChI=1S/C15H14BrNO2/c1-9-11(4-3-5-13(9)17)15(18)12-8-10(16)6-7-14(12)19-2/h3-8H,17H2,1-2H3. The Balaban J connectivity index is 2.56. The van der Waals surface area contributed by atoms with Gasteiger partial charge in [-0.3, -0.25) is 4.79 Å². The summed E-state index contributed by atoms with van der Waals surface area (Å²) in [6.45, 7) is 1.84. The molecule has 0 saturated carbocycles. The van der Waals surface area contributed by atoms with Gasteiger partial charge in [-0.15, -0.1) is 0 Å². The third-order valence-electron chi connectivity index (χ3n) is 3.03. The third kappa shape index (κ3) is 2.63. The van der Waals surface area contributed by atoms with Crippen molar-refractivity contribution in [3.05, 3.63) is 57.6 Å². The van der Waals surface area contributed by atoms with E-state index in [9.17, 15) is 4.79 Å². The SMILES string of the molecule is COc1ccc(Br)cc1C(=O)c1cccc(N)c1C. The van der Waals surface area contributed by atoms with Crippen molar-refractivity contribution in [3.8, 4) is 5.75 Å². The minimum absolute atomic E-state index is 0.0945. The summed E-state index contributed by atoms with van der Waals surface area (Å²) in [5.41, 5.74) is 8.35. The summed E-state index contributed by atoms with van der Waals surface area (Å²) >= 11 is 3.37. The van der Waals surface area contributed by atoms with Crippen LogP contribution in [0.3, 0.4) is 0 Å². The van der Waals surface area contributed by atoms with Gasteiger partial charge in [-0.25, -0.2) is 0 Å². The molecule has 0 aliphatic rings. The van der Waals surface area contributed by atoms with Crippen LogP contribution in [0.4, 0.5) is 5.69 Å². The minimum atomic E-state index is -0.0945. The molecular weight excluding hydrogens is 306 g/mol. The van der Waals surface area contributed by atoms with Crippen LogP contribution in [-0.2, 0) is 0 Å². The van der Waals surface area contributed by atoms with Crippen LogP contribution in [0.15, 0.2) is 40.9 Å². The van der Waals surface area contributed by atoms with Gasteiger partial charge in [0.25, 0.3) is 0 Å². The van der Waals surface area contributed by atoms with Crippen LogP contribution < -0.4 is 10.5 Å². The number of carbonyl (C=O) groups is 1. The number of halogens is 1. The van der Waals surface area contributed by atoms with Crippen molar-refractivity contribution in [1.29, 1.82) is 0 Å². The number of nitrogen functional groups attached to an aromatic ring is 1. The molecule has 0 radical (unpaired) electrons. The van der Waals surface area contributed by atoms with Gasteiger partial charge in [0, 0.05) is 15.7 Å². The summed E-state index contributed by atoms with van der Waals surface area (Å²) < 4.78 is 6.07. The first-order valence-electron chi connectivity index (χ1n) is 5.78. The number of rotatable bonds is 3. The first-order chi connectivity index (χ1) is 9.04. The number of hydrogen-bond acceptors (Lipinski definition) is 3. The summed E-state index contributed by atoms with van der Waals surface area (Å²) in [5, 5.41) is 0. The van der Waals surface area contributed by atoms with E-state index in [1.165, 1.54) is 0 Å². The predicted molar refractivity (Wildman–Crippen MR) is 79.7 cm³/mol. The van der Waals surface area contributed by atoms with E-state index < -0.39 is 0 Å². The van der Waals surface area contributed by atoms with Gasteiger partial charge >= 0.3 is 0 Å². The van der Waals surface area contributed by atoms with Crippen LogP contribution in [0.2, 0.25) is 0 Å². The summed E-state index contributed by atoms with van der Waals surface area (Å²) in [7, 11) is 1.55. The maximum Gasteiger partial charge on any atom is 0.197 e. The zero-order valence-corrected chi connectivity index (χ0v) is 12.3. The molecule has 0 amide bonds. The molecule has 4 heteroatoms. The van der Waals surface area contributed by atoms with Gasteiger partial charge in [-0.1, -0.05) is 28.1 Å². The molecule has 0 saturated heterocycles. The average Bonchev–Trinajstić information content (AvgIpc) is 2.41. The molecule has 19 heavy (non-hydrogen) atoms. The first-order valence-corrected chi connectivity index (χ1v) is 6.57. The van der Waals surface area contributed by atoms with Crippen molar-refractivity contribution in [2.75, 3.05) is 12.8 Å². The normalized spacial score (nSPS) is 10.3. The summed E-state index contributed by atoms with van der Waals surface area (Å²) in [4.78, 5) is 12.6. The van der Waals surface area contributed by atoms with Crippen LogP contribution in [0.25, 0.3) is 0 Å². The molecule has 0 bridgehead atoms. The first kappa shape index (κ1) is 13.6. The number of ketones is 1. The number of hydrogen-bond donors (Lipinski definition) is 1. The molecule has 0 atom stereocenters. The molecule has 2 rings (SSSR count). The van der Waals surface area contributed by atoms with Gasteiger partial charge in [-0.2, -0.15) is 0 Å². The molecule has 3 nitrogen and oxygen atoms in total. The van der Waals surface area contributed by atoms with E-state index >= 15 is 0 Å². The Morgan fingerprint density at radius 2 is 1.95 bits per heavy atom. The monoisotopic (exact) mass is 319 g/mol. The highest BCUT2D eigenvalue weighted by molar-refractivity contribution is 9.10. The second kappa shape index (κ2) is 5.45. The molecule has 0 aliphatic heterocycles. The van der Waals surface area contributed by atoms with Crippen LogP contribution >= 0.6 is 15.9 Å². The lowest BCUT2D eigenvalue weighted by atomic mass is 9.97. The average molecular weight is 320 g/mol. The highest BCUT2D eigenvalue weighted by atomic mass is 79.9. The lowest BCUT2D eigenvalue weighted by Gasteiger charge is -2.11. The van der Waals surface area contributed by atoms with Crippen LogP contribution in [0.5, 0.6) is 5.75 Å². The Hall–Kier alpha value is -1.81. The minimum Gasteiger partial charge on any atom is -0.496 e. The van der Waals surface area contributed by atoms with Gasteiger partial charge in [0.2, 0.25) is 0 Å². The highest BCUT2D eigenvalue weighted by Crippen LogP contribution is 2.27. The molecule has 0 spiro atoms. The topological polar surface area (TPSA) is 52.3 Å². The summed E-state index contributed by atoms with van der Waals surface area (Å²) in [6, 6.07) is 10.7. The van der Waals surface area contributed by atoms with Gasteiger partial charge in [0.1, 0.15) is 5.75 Å². The van der Waals surface area contributed by atoms with E-state index in [2.05, 4.69) is 15.9 Å². The molecule has 98 valence electrons. The Morgan fingerprint density at radius 1 is 1.21 bits per heavy atom. The molecule has 0 heterocycles. The number of anilines is 1. The van der Waals surface area contributed by atoms with E-state index in [1.54, 1.807) is 37.4 Å². The number of benzene rings is 2. The van der Waals surface area contributed by atoms with Crippen molar-refractivity contribution in [2.24, 2.45) is 0 Å². The third-order valence-corrected chi connectivity index (χ3v) is 3.52. The smallest absolute Gasteiger partial charge is 0.197 e. The van der Waals surface area contributed by atoms with Gasteiger partial charge < -0.3 is 10.5 Å². The van der Waals surface area contributed by atoms with E-state index in [4.69, 9.17) is 10.5 Å². The Morgan fingerprint density at radius 3 is 2.63 bits per heavy atom. The fraction of sp³-hybridized carbons (Fsp3) is 0.133. The second-order valence-corrected chi connectivity index (χ2v) is 5.11. The number of methoxy groups -OCH3 is 1. The Kier molecular flexibility index (Phi) is 3.90. The molecule has 0 unspecified atom stereocenters. The fourth-order valence-corrected chi connectivity index (χ4v) is 2.26. The van der Waals surface area contributed by atoms with Crippen molar-refractivity contribution in [1.82, 2.24) is 0 Å². The summed E-state index contributed by atoms with van der Waals surface area (Å²) in [6.07, 6.45) is 0. The molecule has 0 aromatic heterocycles. The van der Waals surface area contributed by atoms with E-state index in [0.29, 0.717) is 22.6 Å². The van der Waals surface area contributed by atoms with E-state index in [-0.39, 0.29) is 5.78 Å². The van der Waals surface area contributed by atoms with Gasteiger partial charge in [0.15, 0.2) is 5.78 Å². The molecular formula is C15H14BrNO2. The van der Waals surface area contributed by atoms with Gasteiger partial charge in [-0.05, 0) is 36.8 Å². The number of nitrogens with two attached hydrogens (primary N) is 1. The molecule has 0 fully saturated rings. The lowest BCUT2D eigenvalue weighted by Crippen LogP contribution is -2.07. The second-order valence-electron chi connectivity index (χ2n) is 4.19. The largest absolute Gasteiger partial charge is 0.496 e. The number of carbonyl (C=O) groups excluding carboxylic acids is 1. The van der Waals surface area contributed by atoms with Crippen molar-refractivity contribution in [2.45, 2.75) is 6.92 Å². The summed E-state index contributed by atoms with van der Waals surface area (Å²) in [5.74, 6) is 0.456. The van der Waals surface area contributed by atoms with Crippen LogP contribution in [0.1, 0.15) is 21.5 Å². The van der Waals surface area contributed by atoms with Crippen LogP contribution in [0, 0.1) is 6.92 Å². The predicted octanol–water partition coefficient (Wildman–Crippen LogP) is 3.58. The maximum absolute atomic E-state index is 12.6. The maximum atomic E-state index is 12.6. The lowest BCUT2D eigenvalue weighted by molar-refractivity contribution is 0.103. The van der Waals surface area contributed by atoms with Crippen molar-refractivity contribution < 1.29 is 9.53 Å². The molecule has 0 aliphatic carbocycles. The van der Waals surface area contributed by atoms with Crippen molar-refractivity contribution >= 4 is 27.4 Å². The van der Waals surface area contributed by atoms with Crippen LogP contribution in [-0.4, -0.2) is 12.9 Å². The zero-order valence-electron chi connectivity index (χ0n) is 10.7.